The molecule has 2 saturated heterocycles. The van der Waals surface area contributed by atoms with E-state index in [1.807, 2.05) is 0 Å². The minimum atomic E-state index is -0.165. The molecule has 13 heavy (non-hydrogen) atoms. The molecule has 0 unspecified atom stereocenters. The maximum Gasteiger partial charge on any atom is 0.172 e. The van der Waals surface area contributed by atoms with Gasteiger partial charge in [-0.25, -0.2) is 0 Å². The Morgan fingerprint density at radius 2 is 1.92 bits per heavy atom. The monoisotopic (exact) mass is 182 g/mol. The SMILES string of the molecule is C1COC2(C[C@@H]3[C@H]4O[C@H]4CC[C@@H]32)O1. The van der Waals surface area contributed by atoms with Crippen molar-refractivity contribution in [1.82, 2.24) is 0 Å². The van der Waals surface area contributed by atoms with Crippen LogP contribution in [0.25, 0.3) is 0 Å². The van der Waals surface area contributed by atoms with Crippen molar-refractivity contribution in [3.05, 3.63) is 0 Å². The lowest BCUT2D eigenvalue weighted by molar-refractivity contribution is -0.282. The third-order valence-corrected chi connectivity index (χ3v) is 4.18. The van der Waals surface area contributed by atoms with Gasteiger partial charge in [0.15, 0.2) is 5.79 Å². The first kappa shape index (κ1) is 7.21. The van der Waals surface area contributed by atoms with Crippen LogP contribution in [0.1, 0.15) is 19.3 Å². The van der Waals surface area contributed by atoms with Gasteiger partial charge >= 0.3 is 0 Å². The molecule has 3 heteroatoms. The van der Waals surface area contributed by atoms with Crippen LogP contribution in [0.15, 0.2) is 0 Å². The number of ether oxygens (including phenoxy) is 3. The fraction of sp³-hybridized carbons (Fsp3) is 1.00. The smallest absolute Gasteiger partial charge is 0.172 e. The summed E-state index contributed by atoms with van der Waals surface area (Å²) in [5.74, 6) is 1.22. The molecule has 0 aromatic heterocycles. The van der Waals surface area contributed by atoms with Crippen molar-refractivity contribution >= 4 is 0 Å². The van der Waals surface area contributed by atoms with Crippen LogP contribution < -0.4 is 0 Å². The Bertz CT molecular complexity index is 247. The van der Waals surface area contributed by atoms with E-state index in [1.54, 1.807) is 0 Å². The number of hydrogen-bond donors (Lipinski definition) is 0. The predicted molar refractivity (Wildman–Crippen MR) is 44.1 cm³/mol. The fourth-order valence-electron chi connectivity index (χ4n) is 3.48. The van der Waals surface area contributed by atoms with Gasteiger partial charge in [-0.3, -0.25) is 0 Å². The second kappa shape index (κ2) is 2.10. The van der Waals surface area contributed by atoms with Crippen molar-refractivity contribution in [3.63, 3.8) is 0 Å². The Morgan fingerprint density at radius 1 is 1.08 bits per heavy atom. The van der Waals surface area contributed by atoms with Gasteiger partial charge in [0.25, 0.3) is 0 Å². The molecule has 0 radical (unpaired) electrons. The van der Waals surface area contributed by atoms with Gasteiger partial charge in [-0.2, -0.15) is 0 Å². The molecule has 2 aliphatic heterocycles. The molecule has 0 N–H and O–H groups in total. The Balaban J connectivity index is 1.59. The third kappa shape index (κ3) is 0.767. The topological polar surface area (TPSA) is 31.0 Å². The molecule has 4 aliphatic rings. The molecular formula is C10H14O3. The summed E-state index contributed by atoms with van der Waals surface area (Å²) in [6.45, 7) is 1.58. The predicted octanol–water partition coefficient (Wildman–Crippen LogP) is 0.927. The molecule has 0 aromatic rings. The van der Waals surface area contributed by atoms with Crippen LogP contribution in [0.5, 0.6) is 0 Å². The van der Waals surface area contributed by atoms with Crippen LogP contribution >= 0.6 is 0 Å². The zero-order chi connectivity index (χ0) is 8.47. The summed E-state index contributed by atoms with van der Waals surface area (Å²) < 4.78 is 17.1. The average Bonchev–Trinajstić information content (AvgIpc) is 2.72. The molecule has 0 aromatic carbocycles. The first-order valence-electron chi connectivity index (χ1n) is 5.32. The normalized spacial score (nSPS) is 55.4. The van der Waals surface area contributed by atoms with Gasteiger partial charge in [0.05, 0.1) is 25.4 Å². The fourth-order valence-corrected chi connectivity index (χ4v) is 3.48. The van der Waals surface area contributed by atoms with Crippen molar-refractivity contribution in [2.24, 2.45) is 11.8 Å². The molecule has 4 fully saturated rings. The zero-order valence-electron chi connectivity index (χ0n) is 7.57. The molecule has 2 aliphatic carbocycles. The first-order valence-corrected chi connectivity index (χ1v) is 5.32. The Labute approximate surface area is 77.3 Å². The maximum absolute atomic E-state index is 5.73. The van der Waals surface area contributed by atoms with Gasteiger partial charge in [0.1, 0.15) is 0 Å². The van der Waals surface area contributed by atoms with E-state index in [2.05, 4.69) is 0 Å². The van der Waals surface area contributed by atoms with E-state index in [1.165, 1.54) is 12.8 Å². The molecule has 4 rings (SSSR count). The minimum absolute atomic E-state index is 0.165. The Hall–Kier alpha value is -0.120. The zero-order valence-corrected chi connectivity index (χ0v) is 7.57. The lowest BCUT2D eigenvalue weighted by atomic mass is 9.61. The first-order chi connectivity index (χ1) is 6.39. The number of epoxide rings is 1. The van der Waals surface area contributed by atoms with Gasteiger partial charge in [-0.15, -0.1) is 0 Å². The van der Waals surface area contributed by atoms with Gasteiger partial charge in [-0.1, -0.05) is 0 Å². The molecule has 72 valence electrons. The highest BCUT2D eigenvalue weighted by atomic mass is 16.7. The van der Waals surface area contributed by atoms with Crippen LogP contribution in [0.2, 0.25) is 0 Å². The molecule has 2 saturated carbocycles. The summed E-state index contributed by atoms with van der Waals surface area (Å²) in [7, 11) is 0. The van der Waals surface area contributed by atoms with E-state index in [0.717, 1.165) is 25.6 Å². The minimum Gasteiger partial charge on any atom is -0.369 e. The average molecular weight is 182 g/mol. The molecule has 0 amide bonds. The molecule has 2 heterocycles. The third-order valence-electron chi connectivity index (χ3n) is 4.18. The number of rotatable bonds is 0. The quantitative estimate of drug-likeness (QED) is 0.522. The van der Waals surface area contributed by atoms with E-state index in [0.29, 0.717) is 18.1 Å². The molecule has 0 bridgehead atoms. The second-order valence-corrected chi connectivity index (χ2v) is 4.70. The molecule has 4 atom stereocenters. The van der Waals surface area contributed by atoms with Crippen molar-refractivity contribution in [3.8, 4) is 0 Å². The van der Waals surface area contributed by atoms with E-state index in [-0.39, 0.29) is 5.79 Å². The van der Waals surface area contributed by atoms with Gasteiger partial charge < -0.3 is 14.2 Å². The highest BCUT2D eigenvalue weighted by molar-refractivity contribution is 5.11. The van der Waals surface area contributed by atoms with Crippen molar-refractivity contribution < 1.29 is 14.2 Å². The van der Waals surface area contributed by atoms with Gasteiger partial charge in [0.2, 0.25) is 0 Å². The van der Waals surface area contributed by atoms with Gasteiger partial charge in [-0.05, 0) is 12.8 Å². The van der Waals surface area contributed by atoms with Crippen LogP contribution in [0.4, 0.5) is 0 Å². The van der Waals surface area contributed by atoms with E-state index < -0.39 is 0 Å². The second-order valence-electron chi connectivity index (χ2n) is 4.70. The highest BCUT2D eigenvalue weighted by Gasteiger charge is 2.67. The lowest BCUT2D eigenvalue weighted by Crippen LogP contribution is -2.58. The Kier molecular flexibility index (Phi) is 1.16. The summed E-state index contributed by atoms with van der Waals surface area (Å²) in [5, 5.41) is 0. The number of fused-ring (bicyclic) bond motifs is 4. The van der Waals surface area contributed by atoms with Crippen LogP contribution in [0.3, 0.4) is 0 Å². The summed E-state index contributed by atoms with van der Waals surface area (Å²) in [6.07, 6.45) is 4.71. The van der Waals surface area contributed by atoms with Crippen LogP contribution in [-0.4, -0.2) is 31.2 Å². The van der Waals surface area contributed by atoms with Crippen molar-refractivity contribution in [1.29, 1.82) is 0 Å². The molecule has 3 nitrogen and oxygen atoms in total. The lowest BCUT2D eigenvalue weighted by Gasteiger charge is -2.52. The summed E-state index contributed by atoms with van der Waals surface area (Å²) >= 11 is 0. The Morgan fingerprint density at radius 3 is 2.77 bits per heavy atom. The van der Waals surface area contributed by atoms with E-state index in [4.69, 9.17) is 14.2 Å². The van der Waals surface area contributed by atoms with Crippen molar-refractivity contribution in [2.75, 3.05) is 13.2 Å². The molecule has 1 spiro atoms. The summed E-state index contributed by atoms with van der Waals surface area (Å²) in [4.78, 5) is 0. The summed E-state index contributed by atoms with van der Waals surface area (Å²) in [6, 6.07) is 0. The standard InChI is InChI=1S/C10H14O3/c1-2-8-9(13-8)6-5-10(7(1)6)11-3-4-12-10/h6-9H,1-5H2/t6-,7-,8-,9+/m0/s1. The van der Waals surface area contributed by atoms with E-state index in [9.17, 15) is 0 Å². The van der Waals surface area contributed by atoms with Gasteiger partial charge in [0, 0.05) is 18.3 Å². The van der Waals surface area contributed by atoms with Crippen LogP contribution in [-0.2, 0) is 14.2 Å². The van der Waals surface area contributed by atoms with E-state index >= 15 is 0 Å². The van der Waals surface area contributed by atoms with Crippen molar-refractivity contribution in [2.45, 2.75) is 37.3 Å². The van der Waals surface area contributed by atoms with Crippen LogP contribution in [0, 0.1) is 11.8 Å². The maximum atomic E-state index is 5.73. The summed E-state index contributed by atoms with van der Waals surface area (Å²) in [5.41, 5.74) is 0. The largest absolute Gasteiger partial charge is 0.369 e. The molecular weight excluding hydrogens is 168 g/mol. The highest BCUT2D eigenvalue weighted by Crippen LogP contribution is 2.60. The number of hydrogen-bond acceptors (Lipinski definition) is 3.